The number of amides is 1. The number of carbonyl (C=O) groups excluding carboxylic acids is 1. The molecule has 0 atom stereocenters. The van der Waals surface area contributed by atoms with Crippen LogP contribution in [0.3, 0.4) is 0 Å². The van der Waals surface area contributed by atoms with E-state index in [2.05, 4.69) is 18.6 Å². The molecule has 3 rings (SSSR count). The van der Waals surface area contributed by atoms with Crippen molar-refractivity contribution in [3.63, 3.8) is 0 Å². The van der Waals surface area contributed by atoms with Crippen molar-refractivity contribution < 1.29 is 13.2 Å². The first kappa shape index (κ1) is 19.7. The van der Waals surface area contributed by atoms with Gasteiger partial charge in [-0.2, -0.15) is 0 Å². The normalized spacial score (nSPS) is 14.4. The van der Waals surface area contributed by atoms with Crippen LogP contribution < -0.4 is 9.62 Å². The molecule has 0 spiro atoms. The highest BCUT2D eigenvalue weighted by Gasteiger charge is 2.25. The number of hydrogen-bond donors (Lipinski definition) is 1. The highest BCUT2D eigenvalue weighted by molar-refractivity contribution is 7.91. The zero-order valence-electron chi connectivity index (χ0n) is 15.4. The van der Waals surface area contributed by atoms with Crippen molar-refractivity contribution in [2.75, 3.05) is 16.2 Å². The molecule has 1 aliphatic rings. The third-order valence-electron chi connectivity index (χ3n) is 4.35. The molecule has 0 bridgehead atoms. The van der Waals surface area contributed by atoms with E-state index in [9.17, 15) is 13.2 Å². The molecule has 0 radical (unpaired) electrons. The van der Waals surface area contributed by atoms with Gasteiger partial charge in [0.2, 0.25) is 15.9 Å². The van der Waals surface area contributed by atoms with Crippen molar-refractivity contribution >= 4 is 38.9 Å². The van der Waals surface area contributed by atoms with E-state index < -0.39 is 10.0 Å². The zero-order chi connectivity index (χ0) is 19.6. The number of carbonyl (C=O) groups is 1. The molecule has 0 fully saturated rings. The molecule has 1 amide bonds. The molecule has 0 saturated heterocycles. The van der Waals surface area contributed by atoms with Crippen LogP contribution >= 0.6 is 11.6 Å². The highest BCUT2D eigenvalue weighted by atomic mass is 35.5. The standard InChI is InChI=1S/C20H23ClN2O3S/c1-14(2)12-23-19-8-7-18(11-16(19)6-9-20(23)24)22-27(25,26)13-15-4-3-5-17(21)10-15/h3-5,7-8,10-11,14,22H,6,9,12-13H2,1-2H3. The van der Waals surface area contributed by atoms with Crippen molar-refractivity contribution in [1.82, 2.24) is 0 Å². The molecule has 144 valence electrons. The van der Waals surface area contributed by atoms with Gasteiger partial charge in [-0.1, -0.05) is 37.6 Å². The Kier molecular flexibility index (Phi) is 5.77. The van der Waals surface area contributed by atoms with Crippen LogP contribution in [0.1, 0.15) is 31.4 Å². The minimum atomic E-state index is -3.56. The molecule has 0 aromatic heterocycles. The van der Waals surface area contributed by atoms with E-state index in [1.165, 1.54) is 0 Å². The molecule has 0 aliphatic carbocycles. The fraction of sp³-hybridized carbons (Fsp3) is 0.350. The lowest BCUT2D eigenvalue weighted by molar-refractivity contribution is -0.119. The Labute approximate surface area is 165 Å². The quantitative estimate of drug-likeness (QED) is 0.781. The molecule has 27 heavy (non-hydrogen) atoms. The van der Waals surface area contributed by atoms with Crippen molar-refractivity contribution in [3.05, 3.63) is 58.6 Å². The third-order valence-corrected chi connectivity index (χ3v) is 5.84. The number of fused-ring (bicyclic) bond motifs is 1. The molecule has 1 heterocycles. The maximum Gasteiger partial charge on any atom is 0.236 e. The van der Waals surface area contributed by atoms with Gasteiger partial charge in [0, 0.05) is 29.4 Å². The van der Waals surface area contributed by atoms with Crippen molar-refractivity contribution in [3.8, 4) is 0 Å². The summed E-state index contributed by atoms with van der Waals surface area (Å²) >= 11 is 5.93. The summed E-state index contributed by atoms with van der Waals surface area (Å²) in [6.07, 6.45) is 1.06. The van der Waals surface area contributed by atoms with Gasteiger partial charge in [-0.3, -0.25) is 9.52 Å². The number of rotatable bonds is 6. The first-order chi connectivity index (χ1) is 12.7. The number of nitrogens with zero attached hydrogens (tertiary/aromatic N) is 1. The summed E-state index contributed by atoms with van der Waals surface area (Å²) in [5.74, 6) is 0.323. The Morgan fingerprint density at radius 1 is 1.15 bits per heavy atom. The van der Waals surface area contributed by atoms with E-state index in [1.807, 2.05) is 12.1 Å². The molecule has 2 aromatic rings. The van der Waals surface area contributed by atoms with E-state index in [1.54, 1.807) is 35.2 Å². The van der Waals surface area contributed by atoms with Crippen LogP contribution in [-0.4, -0.2) is 20.9 Å². The Bertz CT molecular complexity index is 957. The van der Waals surface area contributed by atoms with Crippen LogP contribution in [0.5, 0.6) is 0 Å². The first-order valence-corrected chi connectivity index (χ1v) is 10.9. The van der Waals surface area contributed by atoms with Gasteiger partial charge < -0.3 is 4.90 Å². The van der Waals surface area contributed by atoms with E-state index in [-0.39, 0.29) is 11.7 Å². The predicted molar refractivity (Wildman–Crippen MR) is 110 cm³/mol. The Balaban J connectivity index is 1.79. The summed E-state index contributed by atoms with van der Waals surface area (Å²) in [6, 6.07) is 12.2. The number of benzene rings is 2. The first-order valence-electron chi connectivity index (χ1n) is 8.92. The summed E-state index contributed by atoms with van der Waals surface area (Å²) in [5.41, 5.74) is 2.99. The van der Waals surface area contributed by atoms with Crippen molar-refractivity contribution in [2.45, 2.75) is 32.4 Å². The summed E-state index contributed by atoms with van der Waals surface area (Å²) in [7, 11) is -3.56. The molecule has 5 nitrogen and oxygen atoms in total. The average molecular weight is 407 g/mol. The van der Waals surface area contributed by atoms with Crippen LogP contribution in [0, 0.1) is 5.92 Å². The zero-order valence-corrected chi connectivity index (χ0v) is 17.0. The Morgan fingerprint density at radius 3 is 2.63 bits per heavy atom. The smallest absolute Gasteiger partial charge is 0.236 e. The van der Waals surface area contributed by atoms with Gasteiger partial charge in [-0.05, 0) is 53.8 Å². The lowest BCUT2D eigenvalue weighted by Crippen LogP contribution is -2.37. The van der Waals surface area contributed by atoms with Gasteiger partial charge in [0.15, 0.2) is 0 Å². The largest absolute Gasteiger partial charge is 0.312 e. The molecule has 0 saturated carbocycles. The topological polar surface area (TPSA) is 66.5 Å². The van der Waals surface area contributed by atoms with Crippen molar-refractivity contribution in [2.24, 2.45) is 5.92 Å². The fourth-order valence-corrected chi connectivity index (χ4v) is 4.64. The van der Waals surface area contributed by atoms with Gasteiger partial charge in [0.1, 0.15) is 0 Å². The number of hydrogen-bond acceptors (Lipinski definition) is 3. The predicted octanol–water partition coefficient (Wildman–Crippen LogP) is 4.22. The summed E-state index contributed by atoms with van der Waals surface area (Å²) in [6.45, 7) is 4.80. The van der Waals surface area contributed by atoms with E-state index in [0.29, 0.717) is 41.6 Å². The van der Waals surface area contributed by atoms with Crippen LogP contribution in [0.4, 0.5) is 11.4 Å². The fourth-order valence-electron chi connectivity index (χ4n) is 3.25. The molecular weight excluding hydrogens is 384 g/mol. The summed E-state index contributed by atoms with van der Waals surface area (Å²) in [4.78, 5) is 14.0. The number of anilines is 2. The average Bonchev–Trinajstić information content (AvgIpc) is 2.56. The third kappa shape index (κ3) is 5.02. The highest BCUT2D eigenvalue weighted by Crippen LogP contribution is 2.31. The summed E-state index contributed by atoms with van der Waals surface area (Å²) in [5, 5.41) is 0.506. The Hall–Kier alpha value is -2.05. The van der Waals surface area contributed by atoms with Gasteiger partial charge in [-0.25, -0.2) is 8.42 Å². The maximum atomic E-state index is 12.5. The number of halogens is 1. The monoisotopic (exact) mass is 406 g/mol. The van der Waals surface area contributed by atoms with Crippen LogP contribution in [0.25, 0.3) is 0 Å². The van der Waals surface area contributed by atoms with E-state index >= 15 is 0 Å². The molecule has 2 aromatic carbocycles. The molecule has 1 aliphatic heterocycles. The van der Waals surface area contributed by atoms with E-state index in [0.717, 1.165) is 11.3 Å². The van der Waals surface area contributed by atoms with Gasteiger partial charge >= 0.3 is 0 Å². The van der Waals surface area contributed by atoms with Gasteiger partial charge in [-0.15, -0.1) is 0 Å². The molecule has 1 N–H and O–H groups in total. The minimum absolute atomic E-state index is 0.116. The molecule has 7 heteroatoms. The number of nitrogens with one attached hydrogen (secondary N) is 1. The summed E-state index contributed by atoms with van der Waals surface area (Å²) < 4.78 is 27.6. The SMILES string of the molecule is CC(C)CN1C(=O)CCc2cc(NS(=O)(=O)Cc3cccc(Cl)c3)ccc21. The second kappa shape index (κ2) is 7.90. The maximum absolute atomic E-state index is 12.5. The van der Waals surface area contributed by atoms with E-state index in [4.69, 9.17) is 11.6 Å². The second-order valence-electron chi connectivity index (χ2n) is 7.23. The molecular formula is C20H23ClN2O3S. The second-order valence-corrected chi connectivity index (χ2v) is 9.39. The van der Waals surface area contributed by atoms with Gasteiger partial charge in [0.05, 0.1) is 5.75 Å². The lowest BCUT2D eigenvalue weighted by Gasteiger charge is -2.31. The Morgan fingerprint density at radius 2 is 1.93 bits per heavy atom. The molecule has 0 unspecified atom stereocenters. The van der Waals surface area contributed by atoms with Crippen LogP contribution in [0.2, 0.25) is 5.02 Å². The van der Waals surface area contributed by atoms with Crippen molar-refractivity contribution in [1.29, 1.82) is 0 Å². The van der Waals surface area contributed by atoms with Crippen LogP contribution in [-0.2, 0) is 27.0 Å². The minimum Gasteiger partial charge on any atom is -0.312 e. The number of sulfonamides is 1. The number of aryl methyl sites for hydroxylation is 1. The lowest BCUT2D eigenvalue weighted by atomic mass is 9.99. The van der Waals surface area contributed by atoms with Crippen LogP contribution in [0.15, 0.2) is 42.5 Å². The van der Waals surface area contributed by atoms with Gasteiger partial charge in [0.25, 0.3) is 0 Å².